The first-order valence-corrected chi connectivity index (χ1v) is 6.20. The third-order valence-electron chi connectivity index (χ3n) is 3.45. The number of nitrogens with one attached hydrogen (secondary N) is 1. The van der Waals surface area contributed by atoms with E-state index in [0.717, 1.165) is 31.5 Å². The van der Waals surface area contributed by atoms with Gasteiger partial charge in [-0.05, 0) is 49.5 Å². The lowest BCUT2D eigenvalue weighted by Gasteiger charge is -2.23. The van der Waals surface area contributed by atoms with Crippen LogP contribution in [0.5, 0.6) is 0 Å². The summed E-state index contributed by atoms with van der Waals surface area (Å²) in [6, 6.07) is 5.41. The van der Waals surface area contributed by atoms with Crippen molar-refractivity contribution in [1.29, 1.82) is 0 Å². The van der Waals surface area contributed by atoms with Crippen molar-refractivity contribution in [2.75, 3.05) is 13.1 Å². The predicted octanol–water partition coefficient (Wildman–Crippen LogP) is 1.87. The average Bonchev–Trinajstić information content (AvgIpc) is 2.93. The van der Waals surface area contributed by atoms with Crippen molar-refractivity contribution in [3.8, 4) is 5.69 Å². The van der Waals surface area contributed by atoms with Crippen molar-refractivity contribution in [1.82, 2.24) is 20.1 Å². The number of halogens is 1. The molecule has 5 heteroatoms. The fraction of sp³-hybridized carbons (Fsp3) is 0.385. The van der Waals surface area contributed by atoms with Crippen LogP contribution in [0.3, 0.4) is 0 Å². The summed E-state index contributed by atoms with van der Waals surface area (Å²) in [7, 11) is 0. The number of hydrogen-bond acceptors (Lipinski definition) is 3. The fourth-order valence-corrected chi connectivity index (χ4v) is 2.45. The molecule has 0 radical (unpaired) electrons. The molecule has 0 amide bonds. The predicted molar refractivity (Wildman–Crippen MR) is 66.2 cm³/mol. The van der Waals surface area contributed by atoms with E-state index in [1.165, 1.54) is 17.3 Å². The highest BCUT2D eigenvalue weighted by molar-refractivity contribution is 5.36. The molecule has 1 aliphatic rings. The monoisotopic (exact) mass is 246 g/mol. The summed E-state index contributed by atoms with van der Waals surface area (Å²) in [6.07, 6.45) is 5.05. The van der Waals surface area contributed by atoms with Crippen molar-refractivity contribution in [3.63, 3.8) is 0 Å². The highest BCUT2D eigenvalue weighted by atomic mass is 19.1. The van der Waals surface area contributed by atoms with E-state index in [-0.39, 0.29) is 5.82 Å². The summed E-state index contributed by atoms with van der Waals surface area (Å²) in [5.41, 5.74) is 1.53. The average molecular weight is 246 g/mol. The maximum absolute atomic E-state index is 14.1. The first-order valence-electron chi connectivity index (χ1n) is 6.20. The number of hydrogen-bond donors (Lipinski definition) is 1. The molecule has 0 atom stereocenters. The first kappa shape index (κ1) is 11.3. The molecule has 2 heterocycles. The molecule has 1 fully saturated rings. The van der Waals surface area contributed by atoms with Gasteiger partial charge < -0.3 is 5.32 Å². The van der Waals surface area contributed by atoms with Gasteiger partial charge in [-0.2, -0.15) is 5.10 Å². The zero-order valence-electron chi connectivity index (χ0n) is 10.0. The minimum atomic E-state index is -0.239. The third-order valence-corrected chi connectivity index (χ3v) is 3.45. The molecule has 0 bridgehead atoms. The van der Waals surface area contributed by atoms with Gasteiger partial charge in [0.2, 0.25) is 0 Å². The van der Waals surface area contributed by atoms with Crippen molar-refractivity contribution in [2.45, 2.75) is 18.8 Å². The Hall–Kier alpha value is -1.75. The van der Waals surface area contributed by atoms with E-state index in [0.29, 0.717) is 11.6 Å². The largest absolute Gasteiger partial charge is 0.317 e. The van der Waals surface area contributed by atoms with E-state index in [9.17, 15) is 4.39 Å². The van der Waals surface area contributed by atoms with Crippen LogP contribution in [0.25, 0.3) is 5.69 Å². The fourth-order valence-electron chi connectivity index (χ4n) is 2.45. The highest BCUT2D eigenvalue weighted by Crippen LogP contribution is 2.27. The lowest BCUT2D eigenvalue weighted by Crippen LogP contribution is -2.26. The van der Waals surface area contributed by atoms with Crippen LogP contribution in [0.15, 0.2) is 30.9 Å². The normalized spacial score (nSPS) is 16.9. The number of nitrogens with zero attached hydrogens (tertiary/aromatic N) is 3. The Morgan fingerprint density at radius 3 is 2.78 bits per heavy atom. The van der Waals surface area contributed by atoms with Gasteiger partial charge in [-0.1, -0.05) is 6.07 Å². The van der Waals surface area contributed by atoms with Crippen molar-refractivity contribution in [2.24, 2.45) is 0 Å². The summed E-state index contributed by atoms with van der Waals surface area (Å²) < 4.78 is 15.5. The van der Waals surface area contributed by atoms with Crippen LogP contribution >= 0.6 is 0 Å². The molecule has 1 aromatic carbocycles. The molecular formula is C13H15FN4. The smallest absolute Gasteiger partial charge is 0.149 e. The highest BCUT2D eigenvalue weighted by Gasteiger charge is 2.17. The number of benzene rings is 1. The first-order chi connectivity index (χ1) is 8.84. The quantitative estimate of drug-likeness (QED) is 0.879. The molecule has 0 spiro atoms. The topological polar surface area (TPSA) is 42.7 Å². The van der Waals surface area contributed by atoms with E-state index in [1.807, 2.05) is 6.07 Å². The van der Waals surface area contributed by atoms with Gasteiger partial charge in [-0.3, -0.25) is 0 Å². The lowest BCUT2D eigenvalue weighted by atomic mass is 9.90. The second-order valence-electron chi connectivity index (χ2n) is 4.58. The van der Waals surface area contributed by atoms with Gasteiger partial charge in [0.25, 0.3) is 0 Å². The number of rotatable bonds is 2. The molecule has 18 heavy (non-hydrogen) atoms. The van der Waals surface area contributed by atoms with Gasteiger partial charge in [-0.15, -0.1) is 0 Å². The van der Waals surface area contributed by atoms with Crippen LogP contribution in [0, 0.1) is 5.82 Å². The molecule has 3 rings (SSSR count). The van der Waals surface area contributed by atoms with Crippen LogP contribution < -0.4 is 5.32 Å². The van der Waals surface area contributed by atoms with Gasteiger partial charge in [0.05, 0.1) is 0 Å². The molecule has 0 saturated carbocycles. The Morgan fingerprint density at radius 2 is 2.11 bits per heavy atom. The van der Waals surface area contributed by atoms with Crippen LogP contribution in [-0.2, 0) is 0 Å². The standard InChI is InChI=1S/C13H15FN4/c14-12-7-11(10-3-5-15-6-4-10)1-2-13(12)18-9-16-8-17-18/h1-2,7-10,15H,3-6H2. The van der Waals surface area contributed by atoms with E-state index in [4.69, 9.17) is 0 Å². The van der Waals surface area contributed by atoms with E-state index in [2.05, 4.69) is 15.4 Å². The molecule has 94 valence electrons. The van der Waals surface area contributed by atoms with Crippen LogP contribution in [0.1, 0.15) is 24.3 Å². The summed E-state index contributed by atoms with van der Waals surface area (Å²) in [4.78, 5) is 3.83. The molecule has 0 unspecified atom stereocenters. The Kier molecular flexibility index (Phi) is 3.06. The van der Waals surface area contributed by atoms with Crippen LogP contribution in [-0.4, -0.2) is 27.9 Å². The third kappa shape index (κ3) is 2.13. The Labute approximate surface area is 105 Å². The Balaban J connectivity index is 1.89. The van der Waals surface area contributed by atoms with E-state index < -0.39 is 0 Å². The zero-order valence-corrected chi connectivity index (χ0v) is 10.0. The molecule has 1 aromatic heterocycles. The maximum atomic E-state index is 14.1. The molecular weight excluding hydrogens is 231 g/mol. The second kappa shape index (κ2) is 4.86. The van der Waals surface area contributed by atoms with Crippen molar-refractivity contribution < 1.29 is 4.39 Å². The summed E-state index contributed by atoms with van der Waals surface area (Å²) in [5.74, 6) is 0.224. The van der Waals surface area contributed by atoms with Gasteiger partial charge in [-0.25, -0.2) is 14.1 Å². The number of piperidine rings is 1. The second-order valence-corrected chi connectivity index (χ2v) is 4.58. The minimum Gasteiger partial charge on any atom is -0.317 e. The van der Waals surface area contributed by atoms with Crippen molar-refractivity contribution >= 4 is 0 Å². The van der Waals surface area contributed by atoms with Gasteiger partial charge >= 0.3 is 0 Å². The molecule has 1 aliphatic heterocycles. The molecule has 1 N–H and O–H groups in total. The van der Waals surface area contributed by atoms with Gasteiger partial charge in [0, 0.05) is 0 Å². The van der Waals surface area contributed by atoms with Gasteiger partial charge in [0.15, 0.2) is 0 Å². The van der Waals surface area contributed by atoms with Gasteiger partial charge in [0.1, 0.15) is 24.2 Å². The van der Waals surface area contributed by atoms with E-state index >= 15 is 0 Å². The Bertz CT molecular complexity index is 518. The maximum Gasteiger partial charge on any atom is 0.149 e. The minimum absolute atomic E-state index is 0.239. The lowest BCUT2D eigenvalue weighted by molar-refractivity contribution is 0.458. The molecule has 0 aliphatic carbocycles. The molecule has 1 saturated heterocycles. The Morgan fingerprint density at radius 1 is 1.28 bits per heavy atom. The summed E-state index contributed by atoms with van der Waals surface area (Å²) >= 11 is 0. The summed E-state index contributed by atoms with van der Waals surface area (Å²) in [5, 5.41) is 7.26. The van der Waals surface area contributed by atoms with Crippen molar-refractivity contribution in [3.05, 3.63) is 42.2 Å². The van der Waals surface area contributed by atoms with Crippen LogP contribution in [0.2, 0.25) is 0 Å². The molecule has 4 nitrogen and oxygen atoms in total. The summed E-state index contributed by atoms with van der Waals surface area (Å²) in [6.45, 7) is 2.02. The zero-order chi connectivity index (χ0) is 12.4. The number of aromatic nitrogens is 3. The molecule has 2 aromatic rings. The SMILES string of the molecule is Fc1cc(C2CCNCC2)ccc1-n1cncn1. The van der Waals surface area contributed by atoms with Crippen LogP contribution in [0.4, 0.5) is 4.39 Å². The van der Waals surface area contributed by atoms with E-state index in [1.54, 1.807) is 12.1 Å².